The lowest BCUT2D eigenvalue weighted by Crippen LogP contribution is -3.00. The molecule has 1 amide bonds. The first-order chi connectivity index (χ1) is 24.8. The lowest BCUT2D eigenvalue weighted by Gasteiger charge is -2.50. The summed E-state index contributed by atoms with van der Waals surface area (Å²) in [5, 5.41) is 0.327. The first kappa shape index (κ1) is 39.4. The number of anilines is 1. The van der Waals surface area contributed by atoms with Gasteiger partial charge >= 0.3 is 0 Å². The zero-order valence-corrected chi connectivity index (χ0v) is 32.0. The van der Waals surface area contributed by atoms with Crippen LogP contribution in [0.25, 0.3) is 16.6 Å². The molecule has 280 valence electrons. The van der Waals surface area contributed by atoms with Gasteiger partial charge in [-0.25, -0.2) is 8.78 Å². The number of nitrogens with zero attached hydrogens (tertiary/aromatic N) is 4. The minimum Gasteiger partial charge on any atom is -1.00 e. The quantitative estimate of drug-likeness (QED) is 0.116. The van der Waals surface area contributed by atoms with Crippen LogP contribution in [0, 0.1) is 11.6 Å². The molecule has 7 rings (SSSR count). The van der Waals surface area contributed by atoms with Crippen LogP contribution in [0.2, 0.25) is 0 Å². The first-order valence-electron chi connectivity index (χ1n) is 18.7. The fraction of sp³-hybridized carbons (Fsp3) is 0.463. The van der Waals surface area contributed by atoms with Crippen molar-refractivity contribution in [1.82, 2.24) is 9.47 Å². The Morgan fingerprint density at radius 1 is 0.808 bits per heavy atom. The molecule has 0 unspecified atom stereocenters. The third-order valence-electron chi connectivity index (χ3n) is 10.5. The van der Waals surface area contributed by atoms with Crippen molar-refractivity contribution in [3.8, 4) is 17.2 Å². The summed E-state index contributed by atoms with van der Waals surface area (Å²) < 4.78 is 43.6. The van der Waals surface area contributed by atoms with Crippen LogP contribution in [0.3, 0.4) is 0 Å². The minimum absolute atomic E-state index is 0. The molecule has 3 aliphatic rings. The Bertz CT molecular complexity index is 1840. The van der Waals surface area contributed by atoms with Crippen molar-refractivity contribution in [2.24, 2.45) is 0 Å². The summed E-state index contributed by atoms with van der Waals surface area (Å²) in [7, 11) is 0. The molecule has 3 fully saturated rings. The lowest BCUT2D eigenvalue weighted by atomic mass is 10.1. The Balaban J connectivity index is 0.00000523. The van der Waals surface area contributed by atoms with Gasteiger partial charge < -0.3 is 40.4 Å². The number of halogens is 3. The van der Waals surface area contributed by atoms with Gasteiger partial charge in [0.15, 0.2) is 0 Å². The van der Waals surface area contributed by atoms with Crippen molar-refractivity contribution < 1.29 is 44.5 Å². The molecule has 4 aromatic rings. The van der Waals surface area contributed by atoms with Gasteiger partial charge in [-0.15, -0.1) is 0 Å². The number of ether oxygens (including phenoxy) is 2. The molecular weight excluding hydrogens is 730 g/mol. The van der Waals surface area contributed by atoms with E-state index in [9.17, 15) is 18.4 Å². The van der Waals surface area contributed by atoms with E-state index in [1.807, 2.05) is 30.3 Å². The van der Waals surface area contributed by atoms with E-state index in [1.165, 1.54) is 80.7 Å². The molecule has 0 aliphatic carbocycles. The second-order valence-electron chi connectivity index (χ2n) is 14.0. The molecule has 0 saturated carbocycles. The van der Waals surface area contributed by atoms with Crippen LogP contribution in [0.1, 0.15) is 69.2 Å². The number of unbranched alkanes of at least 4 members (excludes halogenated alkanes) is 5. The number of fused-ring (bicyclic) bond motifs is 4. The second kappa shape index (κ2) is 18.3. The maximum absolute atomic E-state index is 14.2. The highest BCUT2D eigenvalue weighted by molar-refractivity contribution is 6.07. The molecule has 52 heavy (non-hydrogen) atoms. The highest BCUT2D eigenvalue weighted by Gasteiger charge is 2.37. The molecule has 0 spiro atoms. The number of carbonyl (C=O) groups excluding carboxylic acids is 1. The number of hydrogen-bond donors (Lipinski definition) is 0. The topological polar surface area (TPSA) is 64.0 Å². The molecule has 3 saturated heterocycles. The third kappa shape index (κ3) is 9.40. The van der Waals surface area contributed by atoms with E-state index < -0.39 is 23.0 Å². The van der Waals surface area contributed by atoms with Gasteiger partial charge in [-0.2, -0.15) is 0 Å². The van der Waals surface area contributed by atoms with Gasteiger partial charge in [-0.1, -0.05) is 32.3 Å². The van der Waals surface area contributed by atoms with E-state index in [1.54, 1.807) is 23.6 Å². The predicted molar refractivity (Wildman–Crippen MR) is 198 cm³/mol. The Kier molecular flexibility index (Phi) is 13.9. The Morgan fingerprint density at radius 2 is 1.46 bits per heavy atom. The molecule has 0 N–H and O–H groups in total. The van der Waals surface area contributed by atoms with Gasteiger partial charge in [0.2, 0.25) is 5.43 Å². The van der Waals surface area contributed by atoms with Gasteiger partial charge in [0.25, 0.3) is 5.91 Å². The van der Waals surface area contributed by atoms with Crippen LogP contribution in [0.5, 0.6) is 11.5 Å². The Hall–Kier alpha value is -3.80. The summed E-state index contributed by atoms with van der Waals surface area (Å²) in [6.07, 6.45) is 9.19. The predicted octanol–water partition coefficient (Wildman–Crippen LogP) is 4.59. The van der Waals surface area contributed by atoms with Gasteiger partial charge in [-0.3, -0.25) is 14.5 Å². The number of piperazine rings is 3. The summed E-state index contributed by atoms with van der Waals surface area (Å²) in [5.41, 5.74) is 0.713. The standard InChI is InChI=1S/C41H51F2N4O4.BrH/c1-3-5-23-50-35-13-11-12-33(28-35)46-30-38(41(49)45(4-2)34-26-31(42)25-32(43)27-34)40(48)37-15-14-36(29-39(37)46)51-24-10-8-6-7-9-19-47-20-16-44(17-21-47)18-22-47;/h11-15,25-30H,3-10,16-24H2,1-2H3;1H/q+1;/p-1. The summed E-state index contributed by atoms with van der Waals surface area (Å²) in [6.45, 7) is 14.1. The van der Waals surface area contributed by atoms with E-state index in [-0.39, 0.29) is 34.8 Å². The lowest BCUT2D eigenvalue weighted by molar-refractivity contribution is -0.941. The molecule has 4 heterocycles. The number of amides is 1. The van der Waals surface area contributed by atoms with Crippen molar-refractivity contribution in [2.45, 2.75) is 58.8 Å². The number of hydrogen-bond acceptors (Lipinski definition) is 5. The maximum Gasteiger partial charge on any atom is 0.263 e. The van der Waals surface area contributed by atoms with E-state index in [2.05, 4.69) is 11.8 Å². The average Bonchev–Trinajstić information content (AvgIpc) is 3.14. The van der Waals surface area contributed by atoms with Crippen LogP contribution < -0.4 is 36.8 Å². The Labute approximate surface area is 316 Å². The van der Waals surface area contributed by atoms with Crippen molar-refractivity contribution in [1.29, 1.82) is 0 Å². The summed E-state index contributed by atoms with van der Waals surface area (Å²) in [4.78, 5) is 31.7. The van der Waals surface area contributed by atoms with Gasteiger partial charge in [-0.05, 0) is 69.0 Å². The van der Waals surface area contributed by atoms with Crippen molar-refractivity contribution in [3.05, 3.63) is 94.3 Å². The minimum atomic E-state index is -0.807. The molecule has 3 aromatic carbocycles. The monoisotopic (exact) mass is 780 g/mol. The maximum atomic E-state index is 14.2. The smallest absolute Gasteiger partial charge is 0.263 e. The summed E-state index contributed by atoms with van der Waals surface area (Å²) in [6, 6.07) is 15.7. The van der Waals surface area contributed by atoms with E-state index in [0.717, 1.165) is 43.9 Å². The van der Waals surface area contributed by atoms with Crippen LogP contribution in [0.15, 0.2) is 71.7 Å². The molecule has 2 bridgehead atoms. The van der Waals surface area contributed by atoms with E-state index >= 15 is 0 Å². The fourth-order valence-corrected chi connectivity index (χ4v) is 7.44. The number of benzene rings is 3. The third-order valence-corrected chi connectivity index (χ3v) is 10.5. The highest BCUT2D eigenvalue weighted by atomic mass is 79.9. The first-order valence-corrected chi connectivity index (χ1v) is 18.7. The fourth-order valence-electron chi connectivity index (χ4n) is 7.44. The summed E-state index contributed by atoms with van der Waals surface area (Å²) in [5.74, 6) is -0.963. The Morgan fingerprint density at radius 3 is 2.15 bits per heavy atom. The van der Waals surface area contributed by atoms with Crippen LogP contribution in [-0.4, -0.2) is 85.4 Å². The molecule has 11 heteroatoms. The molecule has 1 aromatic heterocycles. The largest absolute Gasteiger partial charge is 1.00 e. The second-order valence-corrected chi connectivity index (χ2v) is 14.0. The number of quaternary nitrogens is 1. The number of carbonyl (C=O) groups is 1. The number of pyridine rings is 1. The zero-order chi connectivity index (χ0) is 35.8. The SMILES string of the molecule is CCCCOc1cccc(-n2cc(C(=O)N(CC)c3cc(F)cc(F)c3)c(=O)c3ccc(OCCCCCCC[N+]45CCN(CC4)CC5)cc32)c1.[Br-]. The van der Waals surface area contributed by atoms with Crippen LogP contribution in [-0.2, 0) is 0 Å². The molecular formula is C41H51BrF2N4O4. The molecule has 0 radical (unpaired) electrons. The zero-order valence-electron chi connectivity index (χ0n) is 30.4. The van der Waals surface area contributed by atoms with Gasteiger partial charge in [0.05, 0.1) is 44.9 Å². The molecule has 3 aliphatic heterocycles. The van der Waals surface area contributed by atoms with Crippen molar-refractivity contribution >= 4 is 22.5 Å². The van der Waals surface area contributed by atoms with E-state index in [0.29, 0.717) is 41.3 Å². The van der Waals surface area contributed by atoms with Crippen LogP contribution in [0.4, 0.5) is 14.5 Å². The van der Waals surface area contributed by atoms with E-state index in [4.69, 9.17) is 9.47 Å². The van der Waals surface area contributed by atoms with Crippen molar-refractivity contribution in [2.75, 3.05) is 70.5 Å². The normalized spacial score (nSPS) is 17.9. The number of rotatable bonds is 17. The summed E-state index contributed by atoms with van der Waals surface area (Å²) >= 11 is 0. The molecule has 0 atom stereocenters. The average molecular weight is 782 g/mol. The molecule has 8 nitrogen and oxygen atoms in total. The highest BCUT2D eigenvalue weighted by Crippen LogP contribution is 2.27. The van der Waals surface area contributed by atoms with Crippen LogP contribution >= 0.6 is 0 Å². The number of aromatic nitrogens is 1. The van der Waals surface area contributed by atoms with Gasteiger partial charge in [0.1, 0.15) is 28.7 Å². The van der Waals surface area contributed by atoms with Crippen molar-refractivity contribution in [3.63, 3.8) is 0 Å². The van der Waals surface area contributed by atoms with Gasteiger partial charge in [0, 0.05) is 67.3 Å².